The molecule has 1 aliphatic heterocycles. The Hall–Kier alpha value is -2.14. The second-order valence-electron chi connectivity index (χ2n) is 4.78. The summed E-state index contributed by atoms with van der Waals surface area (Å²) in [7, 11) is 0. The van der Waals surface area contributed by atoms with Gasteiger partial charge in [0.25, 0.3) is 0 Å². The van der Waals surface area contributed by atoms with Crippen LogP contribution >= 0.6 is 0 Å². The molecule has 2 amide bonds. The predicted octanol–water partition coefficient (Wildman–Crippen LogP) is 0.339. The van der Waals surface area contributed by atoms with Crippen molar-refractivity contribution in [3.05, 3.63) is 47.0 Å². The zero-order chi connectivity index (χ0) is 14.4. The molecule has 0 radical (unpaired) electrons. The SMILES string of the molecule is CC(C(=O)NCC(=O)NCc1ccccc1)=C1CNC1. The summed E-state index contributed by atoms with van der Waals surface area (Å²) in [5.74, 6) is -0.358. The normalized spacial score (nSPS) is 13.3. The molecule has 1 aromatic carbocycles. The molecule has 0 atom stereocenters. The van der Waals surface area contributed by atoms with Crippen molar-refractivity contribution in [3.63, 3.8) is 0 Å². The molecule has 5 nitrogen and oxygen atoms in total. The van der Waals surface area contributed by atoms with E-state index in [0.717, 1.165) is 24.2 Å². The molecular formula is C15H19N3O2. The number of carbonyl (C=O) groups is 2. The number of nitrogens with one attached hydrogen (secondary N) is 3. The lowest BCUT2D eigenvalue weighted by Gasteiger charge is -2.21. The summed E-state index contributed by atoms with van der Waals surface area (Å²) < 4.78 is 0. The topological polar surface area (TPSA) is 70.2 Å². The van der Waals surface area contributed by atoms with Crippen molar-refractivity contribution < 1.29 is 9.59 Å². The lowest BCUT2D eigenvalue weighted by atomic mass is 10.0. The molecule has 1 aromatic rings. The number of hydrogen-bond acceptors (Lipinski definition) is 3. The molecule has 1 fully saturated rings. The lowest BCUT2D eigenvalue weighted by molar-refractivity contribution is -0.124. The zero-order valence-corrected chi connectivity index (χ0v) is 11.5. The van der Waals surface area contributed by atoms with Gasteiger partial charge in [-0.1, -0.05) is 30.3 Å². The van der Waals surface area contributed by atoms with E-state index in [-0.39, 0.29) is 18.4 Å². The third-order valence-corrected chi connectivity index (χ3v) is 3.29. The molecule has 3 N–H and O–H groups in total. The van der Waals surface area contributed by atoms with Crippen molar-refractivity contribution in [3.8, 4) is 0 Å². The van der Waals surface area contributed by atoms with Gasteiger partial charge < -0.3 is 16.0 Å². The average Bonchev–Trinajstić information content (AvgIpc) is 2.41. The minimum atomic E-state index is -0.188. The maximum Gasteiger partial charge on any atom is 0.247 e. The molecule has 0 saturated carbocycles. The molecule has 106 valence electrons. The van der Waals surface area contributed by atoms with Crippen molar-refractivity contribution in [2.75, 3.05) is 19.6 Å². The van der Waals surface area contributed by atoms with Gasteiger partial charge in [0.05, 0.1) is 6.54 Å². The summed E-state index contributed by atoms with van der Waals surface area (Å²) in [6, 6.07) is 9.65. The maximum absolute atomic E-state index is 11.8. The first-order chi connectivity index (χ1) is 9.66. The highest BCUT2D eigenvalue weighted by molar-refractivity contribution is 5.96. The van der Waals surface area contributed by atoms with Gasteiger partial charge in [0.1, 0.15) is 0 Å². The Labute approximate surface area is 118 Å². The number of benzene rings is 1. The molecule has 20 heavy (non-hydrogen) atoms. The van der Waals surface area contributed by atoms with E-state index in [0.29, 0.717) is 12.1 Å². The van der Waals surface area contributed by atoms with Crippen LogP contribution in [0.5, 0.6) is 0 Å². The first kappa shape index (κ1) is 14.3. The fraction of sp³-hybridized carbons (Fsp3) is 0.333. The van der Waals surface area contributed by atoms with Crippen LogP contribution in [0, 0.1) is 0 Å². The van der Waals surface area contributed by atoms with Crippen LogP contribution in [0.15, 0.2) is 41.5 Å². The third-order valence-electron chi connectivity index (χ3n) is 3.29. The van der Waals surface area contributed by atoms with Gasteiger partial charge in [-0.15, -0.1) is 0 Å². The second kappa shape index (κ2) is 6.86. The van der Waals surface area contributed by atoms with Crippen molar-refractivity contribution in [2.45, 2.75) is 13.5 Å². The van der Waals surface area contributed by atoms with Gasteiger partial charge in [0.15, 0.2) is 0 Å². The molecule has 1 heterocycles. The van der Waals surface area contributed by atoms with Crippen LogP contribution in [0.25, 0.3) is 0 Å². The third kappa shape index (κ3) is 3.93. The number of hydrogen-bond donors (Lipinski definition) is 3. The van der Waals surface area contributed by atoms with Gasteiger partial charge in [0, 0.05) is 25.2 Å². The Balaban J connectivity index is 1.71. The van der Waals surface area contributed by atoms with Crippen molar-refractivity contribution in [1.29, 1.82) is 0 Å². The van der Waals surface area contributed by atoms with Crippen LogP contribution in [0.4, 0.5) is 0 Å². The van der Waals surface area contributed by atoms with E-state index < -0.39 is 0 Å². The summed E-state index contributed by atoms with van der Waals surface area (Å²) >= 11 is 0. The molecule has 5 heteroatoms. The largest absolute Gasteiger partial charge is 0.350 e. The van der Waals surface area contributed by atoms with Gasteiger partial charge in [-0.25, -0.2) is 0 Å². The second-order valence-corrected chi connectivity index (χ2v) is 4.78. The fourth-order valence-electron chi connectivity index (χ4n) is 1.83. The van der Waals surface area contributed by atoms with Crippen LogP contribution in [0.1, 0.15) is 12.5 Å². The van der Waals surface area contributed by atoms with Crippen LogP contribution in [-0.2, 0) is 16.1 Å². The van der Waals surface area contributed by atoms with E-state index in [9.17, 15) is 9.59 Å². The molecule has 0 aliphatic carbocycles. The van der Waals surface area contributed by atoms with Gasteiger partial charge in [-0.05, 0) is 18.1 Å². The van der Waals surface area contributed by atoms with E-state index >= 15 is 0 Å². The highest BCUT2D eigenvalue weighted by atomic mass is 16.2. The van der Waals surface area contributed by atoms with Gasteiger partial charge in [0.2, 0.25) is 11.8 Å². The maximum atomic E-state index is 11.8. The van der Waals surface area contributed by atoms with E-state index in [4.69, 9.17) is 0 Å². The Morgan fingerprint density at radius 2 is 1.85 bits per heavy atom. The van der Waals surface area contributed by atoms with E-state index in [2.05, 4.69) is 16.0 Å². The van der Waals surface area contributed by atoms with E-state index in [1.165, 1.54) is 0 Å². The highest BCUT2D eigenvalue weighted by Crippen LogP contribution is 2.08. The average molecular weight is 273 g/mol. The first-order valence-corrected chi connectivity index (χ1v) is 6.65. The monoisotopic (exact) mass is 273 g/mol. The minimum Gasteiger partial charge on any atom is -0.350 e. The number of carbonyl (C=O) groups excluding carboxylic acids is 2. The Morgan fingerprint density at radius 3 is 2.45 bits per heavy atom. The van der Waals surface area contributed by atoms with Crippen LogP contribution in [0.2, 0.25) is 0 Å². The molecule has 0 aromatic heterocycles. The highest BCUT2D eigenvalue weighted by Gasteiger charge is 2.16. The number of amides is 2. The molecule has 2 rings (SSSR count). The first-order valence-electron chi connectivity index (χ1n) is 6.65. The molecule has 0 unspecified atom stereocenters. The molecule has 1 aliphatic rings. The molecular weight excluding hydrogens is 254 g/mol. The lowest BCUT2D eigenvalue weighted by Crippen LogP contribution is -2.40. The number of rotatable bonds is 5. The Bertz CT molecular complexity index is 517. The summed E-state index contributed by atoms with van der Waals surface area (Å²) in [4.78, 5) is 23.4. The van der Waals surface area contributed by atoms with E-state index in [1.807, 2.05) is 30.3 Å². The van der Waals surface area contributed by atoms with Gasteiger partial charge in [-0.3, -0.25) is 9.59 Å². The molecule has 0 spiro atoms. The van der Waals surface area contributed by atoms with Crippen molar-refractivity contribution in [1.82, 2.24) is 16.0 Å². The van der Waals surface area contributed by atoms with Crippen LogP contribution in [0.3, 0.4) is 0 Å². The van der Waals surface area contributed by atoms with Gasteiger partial charge >= 0.3 is 0 Å². The standard InChI is InChI=1S/C15H19N3O2/c1-11(13-8-16-9-13)15(20)18-10-14(19)17-7-12-5-3-2-4-6-12/h2-6,16H,7-10H2,1H3,(H,17,19)(H,18,20). The molecule has 0 bridgehead atoms. The summed E-state index contributed by atoms with van der Waals surface area (Å²) in [5, 5.41) is 8.48. The van der Waals surface area contributed by atoms with Crippen LogP contribution < -0.4 is 16.0 Å². The zero-order valence-electron chi connectivity index (χ0n) is 11.5. The van der Waals surface area contributed by atoms with Crippen molar-refractivity contribution >= 4 is 11.8 Å². The van der Waals surface area contributed by atoms with Crippen LogP contribution in [-0.4, -0.2) is 31.4 Å². The van der Waals surface area contributed by atoms with Gasteiger partial charge in [-0.2, -0.15) is 0 Å². The summed E-state index contributed by atoms with van der Waals surface area (Å²) in [6.07, 6.45) is 0. The van der Waals surface area contributed by atoms with E-state index in [1.54, 1.807) is 6.92 Å². The molecule has 1 saturated heterocycles. The summed E-state index contributed by atoms with van der Waals surface area (Å²) in [5.41, 5.74) is 2.85. The minimum absolute atomic E-state index is 0.00369. The summed E-state index contributed by atoms with van der Waals surface area (Å²) in [6.45, 7) is 3.79. The fourth-order valence-corrected chi connectivity index (χ4v) is 1.83. The van der Waals surface area contributed by atoms with Crippen molar-refractivity contribution in [2.24, 2.45) is 0 Å². The quantitative estimate of drug-likeness (QED) is 0.678. The Kier molecular flexibility index (Phi) is 4.90. The smallest absolute Gasteiger partial charge is 0.247 e. The Morgan fingerprint density at radius 1 is 1.15 bits per heavy atom. The predicted molar refractivity (Wildman–Crippen MR) is 76.9 cm³/mol.